The number of hydrogen-bond acceptors (Lipinski definition) is 3. The molecule has 2 fully saturated rings. The van der Waals surface area contributed by atoms with E-state index in [1.165, 1.54) is 31.9 Å². The average Bonchev–Trinajstić information content (AvgIpc) is 2.41. The van der Waals surface area contributed by atoms with Gasteiger partial charge in [0.05, 0.1) is 12.4 Å². The molecule has 0 aromatic carbocycles. The molecule has 0 N–H and O–H groups in total. The molecule has 0 aromatic rings. The van der Waals surface area contributed by atoms with Crippen LogP contribution in [0.25, 0.3) is 0 Å². The summed E-state index contributed by atoms with van der Waals surface area (Å²) in [6.07, 6.45) is 12.3. The van der Waals surface area contributed by atoms with Crippen molar-refractivity contribution in [1.29, 1.82) is 0 Å². The molecule has 0 bridgehead atoms. The van der Waals surface area contributed by atoms with Gasteiger partial charge in [0.1, 0.15) is 0 Å². The van der Waals surface area contributed by atoms with Crippen molar-refractivity contribution in [2.24, 2.45) is 0 Å². The van der Waals surface area contributed by atoms with Crippen LogP contribution in [0.2, 0.25) is 0 Å². The Kier molecular flexibility index (Phi) is 4.81. The first-order valence-electron chi connectivity index (χ1n) is 7.27. The lowest BCUT2D eigenvalue weighted by molar-refractivity contribution is -0.183. The molecule has 2 rings (SSSR count). The summed E-state index contributed by atoms with van der Waals surface area (Å²) in [5.41, 5.74) is -0.686. The SMILES string of the molecule is C=COC(=O)C1(OC2CCCCC2)CCCCC1. The second-order valence-electron chi connectivity index (χ2n) is 5.50. The van der Waals surface area contributed by atoms with E-state index in [0.717, 1.165) is 38.5 Å². The summed E-state index contributed by atoms with van der Waals surface area (Å²) in [6.45, 7) is 3.47. The quantitative estimate of drug-likeness (QED) is 0.565. The smallest absolute Gasteiger partial charge is 0.343 e. The molecule has 2 aliphatic carbocycles. The molecule has 0 amide bonds. The molecule has 0 atom stereocenters. The van der Waals surface area contributed by atoms with Crippen LogP contribution in [0.1, 0.15) is 64.2 Å². The highest BCUT2D eigenvalue weighted by Gasteiger charge is 2.43. The molecule has 0 saturated heterocycles. The molecule has 0 heterocycles. The minimum absolute atomic E-state index is 0.234. The van der Waals surface area contributed by atoms with Crippen molar-refractivity contribution in [2.45, 2.75) is 75.9 Å². The monoisotopic (exact) mass is 252 g/mol. The number of esters is 1. The molecule has 0 aromatic heterocycles. The third-order valence-corrected chi connectivity index (χ3v) is 4.17. The second kappa shape index (κ2) is 6.37. The highest BCUT2D eigenvalue weighted by atomic mass is 16.6. The number of carbonyl (C=O) groups excluding carboxylic acids is 1. The van der Waals surface area contributed by atoms with E-state index < -0.39 is 5.60 Å². The van der Waals surface area contributed by atoms with Crippen LogP contribution >= 0.6 is 0 Å². The van der Waals surface area contributed by atoms with Gasteiger partial charge in [-0.1, -0.05) is 32.3 Å². The van der Waals surface area contributed by atoms with Crippen molar-refractivity contribution in [3.8, 4) is 0 Å². The fraction of sp³-hybridized carbons (Fsp3) is 0.800. The number of ether oxygens (including phenoxy) is 2. The van der Waals surface area contributed by atoms with Gasteiger partial charge in [0, 0.05) is 0 Å². The van der Waals surface area contributed by atoms with Crippen LogP contribution in [0.5, 0.6) is 0 Å². The first-order chi connectivity index (χ1) is 8.77. The van der Waals surface area contributed by atoms with Crippen molar-refractivity contribution in [2.75, 3.05) is 0 Å². The lowest BCUT2D eigenvalue weighted by Gasteiger charge is -2.38. The maximum absolute atomic E-state index is 12.2. The van der Waals surface area contributed by atoms with E-state index in [9.17, 15) is 4.79 Å². The van der Waals surface area contributed by atoms with Crippen molar-refractivity contribution in [3.05, 3.63) is 12.8 Å². The van der Waals surface area contributed by atoms with Gasteiger partial charge in [-0.25, -0.2) is 4.79 Å². The Labute approximate surface area is 110 Å². The van der Waals surface area contributed by atoms with Gasteiger partial charge in [-0.2, -0.15) is 0 Å². The maximum atomic E-state index is 12.2. The van der Waals surface area contributed by atoms with Gasteiger partial charge in [0.25, 0.3) is 0 Å². The van der Waals surface area contributed by atoms with E-state index in [2.05, 4.69) is 6.58 Å². The molecule has 102 valence electrons. The van der Waals surface area contributed by atoms with Crippen LogP contribution < -0.4 is 0 Å². The van der Waals surface area contributed by atoms with Crippen LogP contribution in [-0.4, -0.2) is 17.7 Å². The molecular formula is C15H24O3. The Bertz CT molecular complexity index is 286. The molecule has 0 unspecified atom stereocenters. The van der Waals surface area contributed by atoms with Crippen molar-refractivity contribution < 1.29 is 14.3 Å². The highest BCUT2D eigenvalue weighted by Crippen LogP contribution is 2.36. The molecule has 2 aliphatic rings. The van der Waals surface area contributed by atoms with Crippen LogP contribution in [0.4, 0.5) is 0 Å². The van der Waals surface area contributed by atoms with Gasteiger partial charge in [0.2, 0.25) is 0 Å². The van der Waals surface area contributed by atoms with E-state index in [4.69, 9.17) is 9.47 Å². The first-order valence-corrected chi connectivity index (χ1v) is 7.27. The topological polar surface area (TPSA) is 35.5 Å². The summed E-state index contributed by atoms with van der Waals surface area (Å²) in [5, 5.41) is 0. The Hall–Kier alpha value is -0.830. The maximum Gasteiger partial charge on any atom is 0.343 e. The molecule has 0 aliphatic heterocycles. The lowest BCUT2D eigenvalue weighted by Crippen LogP contribution is -2.47. The minimum atomic E-state index is -0.686. The standard InChI is InChI=1S/C15H24O3/c1-2-17-14(16)15(11-7-4-8-12-15)18-13-9-5-3-6-10-13/h2,13H,1,3-12H2. The summed E-state index contributed by atoms with van der Waals surface area (Å²) in [7, 11) is 0. The second-order valence-corrected chi connectivity index (χ2v) is 5.50. The van der Waals surface area contributed by atoms with Gasteiger partial charge in [0.15, 0.2) is 5.60 Å². The Morgan fingerprint density at radius 2 is 1.67 bits per heavy atom. The van der Waals surface area contributed by atoms with Gasteiger partial charge < -0.3 is 9.47 Å². The molecular weight excluding hydrogens is 228 g/mol. The number of hydrogen-bond donors (Lipinski definition) is 0. The van der Waals surface area contributed by atoms with Crippen LogP contribution in [0, 0.1) is 0 Å². The normalized spacial score (nSPS) is 24.4. The Morgan fingerprint density at radius 1 is 1.06 bits per heavy atom. The van der Waals surface area contributed by atoms with Crippen molar-refractivity contribution in [1.82, 2.24) is 0 Å². The lowest BCUT2D eigenvalue weighted by atomic mass is 9.84. The first kappa shape index (κ1) is 13.6. The predicted octanol–water partition coefficient (Wildman–Crippen LogP) is 3.73. The van der Waals surface area contributed by atoms with E-state index >= 15 is 0 Å². The van der Waals surface area contributed by atoms with Crippen LogP contribution in [0.3, 0.4) is 0 Å². The highest BCUT2D eigenvalue weighted by molar-refractivity contribution is 5.80. The predicted molar refractivity (Wildman–Crippen MR) is 70.1 cm³/mol. The molecule has 0 radical (unpaired) electrons. The Morgan fingerprint density at radius 3 is 2.28 bits per heavy atom. The molecule has 2 saturated carbocycles. The summed E-state index contributed by atoms with van der Waals surface area (Å²) in [5.74, 6) is -0.234. The third-order valence-electron chi connectivity index (χ3n) is 4.17. The van der Waals surface area contributed by atoms with Gasteiger partial charge >= 0.3 is 5.97 Å². The van der Waals surface area contributed by atoms with Crippen molar-refractivity contribution >= 4 is 5.97 Å². The van der Waals surface area contributed by atoms with E-state index in [1.54, 1.807) is 0 Å². The van der Waals surface area contributed by atoms with E-state index in [-0.39, 0.29) is 12.1 Å². The van der Waals surface area contributed by atoms with E-state index in [1.807, 2.05) is 0 Å². The van der Waals surface area contributed by atoms with Crippen LogP contribution in [0.15, 0.2) is 12.8 Å². The Balaban J connectivity index is 2.03. The molecule has 18 heavy (non-hydrogen) atoms. The van der Waals surface area contributed by atoms with Gasteiger partial charge in [-0.15, -0.1) is 0 Å². The van der Waals surface area contributed by atoms with Crippen molar-refractivity contribution in [3.63, 3.8) is 0 Å². The zero-order chi connectivity index (χ0) is 12.8. The molecule has 0 spiro atoms. The zero-order valence-electron chi connectivity index (χ0n) is 11.2. The van der Waals surface area contributed by atoms with E-state index in [0.29, 0.717) is 0 Å². The van der Waals surface area contributed by atoms with Crippen LogP contribution in [-0.2, 0) is 14.3 Å². The summed E-state index contributed by atoms with van der Waals surface area (Å²) >= 11 is 0. The summed E-state index contributed by atoms with van der Waals surface area (Å²) in [4.78, 5) is 12.2. The minimum Gasteiger partial charge on any atom is -0.433 e. The molecule has 3 heteroatoms. The molecule has 3 nitrogen and oxygen atoms in total. The summed E-state index contributed by atoms with van der Waals surface area (Å²) in [6, 6.07) is 0. The average molecular weight is 252 g/mol. The number of rotatable bonds is 4. The van der Waals surface area contributed by atoms with Gasteiger partial charge in [-0.05, 0) is 38.5 Å². The fourth-order valence-electron chi connectivity index (χ4n) is 3.18. The fourth-order valence-corrected chi connectivity index (χ4v) is 3.18. The van der Waals surface area contributed by atoms with Gasteiger partial charge in [-0.3, -0.25) is 0 Å². The summed E-state index contributed by atoms with van der Waals surface area (Å²) < 4.78 is 11.2. The largest absolute Gasteiger partial charge is 0.433 e. The third kappa shape index (κ3) is 3.14. The zero-order valence-corrected chi connectivity index (χ0v) is 11.2. The number of carbonyl (C=O) groups is 1.